The summed E-state index contributed by atoms with van der Waals surface area (Å²) in [5, 5.41) is 3.56. The third-order valence-corrected chi connectivity index (χ3v) is 3.79. The van der Waals surface area contributed by atoms with E-state index >= 15 is 0 Å². The molecule has 0 spiro atoms. The van der Waals surface area contributed by atoms with Crippen LogP contribution in [-0.4, -0.2) is 12.5 Å². The number of benzene rings is 1. The van der Waals surface area contributed by atoms with Crippen molar-refractivity contribution in [1.29, 1.82) is 0 Å². The van der Waals surface area contributed by atoms with Crippen LogP contribution in [0.4, 0.5) is 0 Å². The van der Waals surface area contributed by atoms with Gasteiger partial charge in [-0.2, -0.15) is 0 Å². The van der Waals surface area contributed by atoms with E-state index in [0.717, 1.165) is 25.8 Å². The second-order valence-corrected chi connectivity index (χ2v) is 5.31. The Morgan fingerprint density at radius 3 is 2.94 bits per heavy atom. The summed E-state index contributed by atoms with van der Waals surface area (Å²) < 4.78 is 0. The molecular weight excluding hydrogens is 224 g/mol. The fraction of sp³-hybridized carbons (Fsp3) is 0.533. The molecule has 0 bridgehead atoms. The number of primary amides is 1. The molecule has 1 atom stereocenters. The van der Waals surface area contributed by atoms with Crippen LogP contribution in [0.25, 0.3) is 0 Å². The van der Waals surface area contributed by atoms with Gasteiger partial charge in [0.2, 0.25) is 5.91 Å². The molecule has 1 aromatic carbocycles. The molecule has 0 aliphatic heterocycles. The lowest BCUT2D eigenvalue weighted by molar-refractivity contribution is -0.119. The van der Waals surface area contributed by atoms with Crippen LogP contribution in [0.2, 0.25) is 0 Å². The fourth-order valence-electron chi connectivity index (χ4n) is 2.93. The lowest BCUT2D eigenvalue weighted by atomic mass is 9.87. The summed E-state index contributed by atoms with van der Waals surface area (Å²) in [5.41, 5.74) is 9.08. The van der Waals surface area contributed by atoms with E-state index in [1.54, 1.807) is 0 Å². The van der Waals surface area contributed by atoms with Gasteiger partial charge < -0.3 is 11.1 Å². The summed E-state index contributed by atoms with van der Waals surface area (Å²) in [6.45, 7) is 5.14. The first-order chi connectivity index (χ1) is 8.57. The predicted octanol–water partition coefficient (Wildman–Crippen LogP) is 2.01. The Balaban J connectivity index is 2.37. The molecule has 1 aliphatic rings. The van der Waals surface area contributed by atoms with Crippen LogP contribution in [0.3, 0.4) is 0 Å². The zero-order valence-corrected chi connectivity index (χ0v) is 11.3. The molecule has 1 aromatic rings. The van der Waals surface area contributed by atoms with Gasteiger partial charge in [-0.15, -0.1) is 0 Å². The number of carbonyl (C=O) groups is 1. The van der Waals surface area contributed by atoms with Crippen molar-refractivity contribution in [2.75, 3.05) is 6.54 Å². The van der Waals surface area contributed by atoms with Crippen molar-refractivity contribution < 1.29 is 4.79 Å². The number of aryl methyl sites for hydroxylation is 2. The van der Waals surface area contributed by atoms with Crippen molar-refractivity contribution in [1.82, 2.24) is 5.32 Å². The van der Waals surface area contributed by atoms with Gasteiger partial charge in [-0.3, -0.25) is 4.79 Å². The number of carbonyl (C=O) groups excluding carboxylic acids is 1. The topological polar surface area (TPSA) is 55.1 Å². The molecule has 3 nitrogen and oxygen atoms in total. The molecule has 3 N–H and O–H groups in total. The van der Waals surface area contributed by atoms with Gasteiger partial charge >= 0.3 is 0 Å². The molecule has 0 saturated heterocycles. The van der Waals surface area contributed by atoms with Crippen LogP contribution in [0.5, 0.6) is 0 Å². The molecule has 1 aliphatic carbocycles. The molecule has 1 amide bonds. The quantitative estimate of drug-likeness (QED) is 0.835. The molecule has 0 heterocycles. The molecule has 0 saturated carbocycles. The summed E-state index contributed by atoms with van der Waals surface area (Å²) >= 11 is 0. The van der Waals surface area contributed by atoms with E-state index in [9.17, 15) is 4.79 Å². The summed E-state index contributed by atoms with van der Waals surface area (Å²) in [5.74, 6) is -0.229. The Kier molecular flexibility index (Phi) is 3.71. The summed E-state index contributed by atoms with van der Waals surface area (Å²) in [4.78, 5) is 11.4. The van der Waals surface area contributed by atoms with E-state index in [1.807, 2.05) is 0 Å². The van der Waals surface area contributed by atoms with Crippen LogP contribution >= 0.6 is 0 Å². The standard InChI is InChI=1S/C15H22N2O/c1-3-8-17-15(10-14(16)18)7-6-12-5-4-11(2)9-13(12)15/h4-5,9,17H,3,6-8,10H2,1-2H3,(H2,16,18). The smallest absolute Gasteiger partial charge is 0.219 e. The molecule has 0 radical (unpaired) electrons. The second-order valence-electron chi connectivity index (χ2n) is 5.31. The maximum Gasteiger partial charge on any atom is 0.219 e. The van der Waals surface area contributed by atoms with E-state index in [2.05, 4.69) is 37.4 Å². The third-order valence-electron chi connectivity index (χ3n) is 3.79. The summed E-state index contributed by atoms with van der Waals surface area (Å²) in [6.07, 6.45) is 3.44. The second kappa shape index (κ2) is 5.11. The van der Waals surface area contributed by atoms with Crippen molar-refractivity contribution in [3.63, 3.8) is 0 Å². The van der Waals surface area contributed by atoms with E-state index in [4.69, 9.17) is 5.73 Å². The molecule has 3 heteroatoms. The van der Waals surface area contributed by atoms with Gasteiger partial charge in [-0.05, 0) is 43.9 Å². The Morgan fingerprint density at radius 1 is 1.50 bits per heavy atom. The first-order valence-electron chi connectivity index (χ1n) is 6.71. The van der Waals surface area contributed by atoms with Gasteiger partial charge in [0.15, 0.2) is 0 Å². The van der Waals surface area contributed by atoms with Gasteiger partial charge in [0.05, 0.1) is 5.54 Å². The summed E-state index contributed by atoms with van der Waals surface area (Å²) in [6, 6.07) is 6.52. The molecule has 0 fully saturated rings. The average Bonchev–Trinajstić information content (AvgIpc) is 2.65. The lowest BCUT2D eigenvalue weighted by Gasteiger charge is -2.31. The Morgan fingerprint density at radius 2 is 2.28 bits per heavy atom. The van der Waals surface area contributed by atoms with Crippen LogP contribution in [0, 0.1) is 6.92 Å². The highest BCUT2D eigenvalue weighted by molar-refractivity contribution is 5.76. The van der Waals surface area contributed by atoms with Crippen LogP contribution in [-0.2, 0) is 16.8 Å². The normalized spacial score (nSPS) is 21.9. The predicted molar refractivity (Wildman–Crippen MR) is 73.3 cm³/mol. The molecule has 18 heavy (non-hydrogen) atoms. The minimum Gasteiger partial charge on any atom is -0.370 e. The zero-order chi connectivity index (χ0) is 13.2. The van der Waals surface area contributed by atoms with Crippen molar-refractivity contribution in [2.45, 2.75) is 45.1 Å². The molecule has 0 aromatic heterocycles. The minimum absolute atomic E-state index is 0.229. The molecule has 98 valence electrons. The van der Waals surface area contributed by atoms with E-state index in [-0.39, 0.29) is 11.4 Å². The first kappa shape index (κ1) is 13.1. The number of hydrogen-bond donors (Lipinski definition) is 2. The highest BCUT2D eigenvalue weighted by atomic mass is 16.1. The maximum absolute atomic E-state index is 11.4. The Hall–Kier alpha value is -1.35. The SMILES string of the molecule is CCCNC1(CC(N)=O)CCc2ccc(C)cc21. The number of fused-ring (bicyclic) bond motifs is 1. The number of hydrogen-bond acceptors (Lipinski definition) is 2. The van der Waals surface area contributed by atoms with Crippen molar-refractivity contribution in [2.24, 2.45) is 5.73 Å². The van der Waals surface area contributed by atoms with E-state index in [1.165, 1.54) is 16.7 Å². The molecule has 2 rings (SSSR count). The minimum atomic E-state index is -0.233. The van der Waals surface area contributed by atoms with E-state index in [0.29, 0.717) is 6.42 Å². The van der Waals surface area contributed by atoms with Crippen LogP contribution < -0.4 is 11.1 Å². The van der Waals surface area contributed by atoms with Gasteiger partial charge in [0, 0.05) is 6.42 Å². The first-order valence-corrected chi connectivity index (χ1v) is 6.71. The van der Waals surface area contributed by atoms with Crippen LogP contribution in [0.15, 0.2) is 18.2 Å². The zero-order valence-electron chi connectivity index (χ0n) is 11.3. The van der Waals surface area contributed by atoms with Gasteiger partial charge in [0.1, 0.15) is 0 Å². The van der Waals surface area contributed by atoms with Crippen molar-refractivity contribution in [3.05, 3.63) is 34.9 Å². The number of nitrogens with two attached hydrogens (primary N) is 1. The van der Waals surface area contributed by atoms with Crippen molar-refractivity contribution in [3.8, 4) is 0 Å². The Labute approximate surface area is 109 Å². The number of rotatable bonds is 5. The van der Waals surface area contributed by atoms with E-state index < -0.39 is 0 Å². The maximum atomic E-state index is 11.4. The average molecular weight is 246 g/mol. The number of nitrogens with one attached hydrogen (secondary N) is 1. The van der Waals surface area contributed by atoms with Gasteiger partial charge in [-0.1, -0.05) is 30.7 Å². The highest BCUT2D eigenvalue weighted by Gasteiger charge is 2.39. The highest BCUT2D eigenvalue weighted by Crippen LogP contribution is 2.39. The summed E-state index contributed by atoms with van der Waals surface area (Å²) in [7, 11) is 0. The third kappa shape index (κ3) is 2.41. The van der Waals surface area contributed by atoms with Crippen molar-refractivity contribution >= 4 is 5.91 Å². The fourth-order valence-corrected chi connectivity index (χ4v) is 2.93. The van der Waals surface area contributed by atoms with Crippen LogP contribution in [0.1, 0.15) is 42.9 Å². The largest absolute Gasteiger partial charge is 0.370 e. The lowest BCUT2D eigenvalue weighted by Crippen LogP contribution is -2.44. The molecule has 1 unspecified atom stereocenters. The van der Waals surface area contributed by atoms with Gasteiger partial charge in [0.25, 0.3) is 0 Å². The number of amides is 1. The van der Waals surface area contributed by atoms with Gasteiger partial charge in [-0.25, -0.2) is 0 Å². The molecular formula is C15H22N2O. The Bertz CT molecular complexity index is 456. The monoisotopic (exact) mass is 246 g/mol.